The van der Waals surface area contributed by atoms with Gasteiger partial charge < -0.3 is 0 Å². The minimum Gasteiger partial charge on any atom is -0.297 e. The summed E-state index contributed by atoms with van der Waals surface area (Å²) in [5.41, 5.74) is 1.40. The molecule has 0 radical (unpaired) electrons. The van der Waals surface area contributed by atoms with Gasteiger partial charge in [-0.05, 0) is 109 Å². The van der Waals surface area contributed by atoms with Gasteiger partial charge in [-0.2, -0.15) is 0 Å². The largest absolute Gasteiger partial charge is 0.297 e. The summed E-state index contributed by atoms with van der Waals surface area (Å²) in [6, 6.07) is 4.51. The van der Waals surface area contributed by atoms with Crippen molar-refractivity contribution >= 4 is 16.8 Å². The Morgan fingerprint density at radius 2 is 1.91 bits per heavy atom. The van der Waals surface area contributed by atoms with E-state index in [4.69, 9.17) is 0 Å². The Bertz CT molecular complexity index is 1140. The highest BCUT2D eigenvalue weighted by Crippen LogP contribution is 2.76. The van der Waals surface area contributed by atoms with Gasteiger partial charge in [0.1, 0.15) is 17.9 Å². The lowest BCUT2D eigenvalue weighted by Gasteiger charge is -2.57. The number of fused-ring (bicyclic) bond motifs is 8. The number of hydrogen-bond acceptors (Lipinski definition) is 3. The number of halogens is 1. The molecule has 0 N–H and O–H groups in total. The lowest BCUT2D eigenvalue weighted by Crippen LogP contribution is -2.51. The first-order valence-electron chi connectivity index (χ1n) is 13.9. The lowest BCUT2D eigenvalue weighted by molar-refractivity contribution is -0.135. The van der Waals surface area contributed by atoms with E-state index in [1.165, 1.54) is 57.1 Å². The highest BCUT2D eigenvalue weighted by Gasteiger charge is 2.73. The second-order valence-electron chi connectivity index (χ2n) is 13.2. The molecule has 0 amide bonds. The van der Waals surface area contributed by atoms with E-state index in [1.807, 2.05) is 0 Å². The van der Waals surface area contributed by atoms with Crippen LogP contribution in [-0.2, 0) is 11.3 Å². The van der Waals surface area contributed by atoms with Crippen LogP contribution in [0.3, 0.4) is 0 Å². The minimum atomic E-state index is -0.307. The van der Waals surface area contributed by atoms with Crippen molar-refractivity contribution in [1.29, 1.82) is 0 Å². The Morgan fingerprint density at radius 3 is 2.76 bits per heavy atom. The second kappa shape index (κ2) is 7.36. The van der Waals surface area contributed by atoms with Gasteiger partial charge in [-0.25, -0.2) is 9.07 Å². The summed E-state index contributed by atoms with van der Waals surface area (Å²) in [7, 11) is 0. The predicted octanol–water partition coefficient (Wildman–Crippen LogP) is 6.15. The molecule has 182 valence electrons. The fourth-order valence-electron chi connectivity index (χ4n) is 10.4. The Hall–Kier alpha value is -1.78. The predicted molar refractivity (Wildman–Crippen MR) is 129 cm³/mol. The number of aromatic nitrogens is 3. The first-order valence-corrected chi connectivity index (χ1v) is 13.9. The molecule has 3 unspecified atom stereocenters. The monoisotopic (exact) mass is 463 g/mol. The fourth-order valence-corrected chi connectivity index (χ4v) is 10.4. The molecule has 5 heteroatoms. The summed E-state index contributed by atoms with van der Waals surface area (Å²) in [5, 5.41) is 8.40. The maximum absolute atomic E-state index is 13.9. The van der Waals surface area contributed by atoms with E-state index in [0.29, 0.717) is 34.6 Å². The number of Topliss-reactive ketones (excluding diaryl/α,β-unsaturated/α-hetero) is 1. The van der Waals surface area contributed by atoms with E-state index in [2.05, 4.69) is 31.1 Å². The Kier molecular flexibility index (Phi) is 4.66. The van der Waals surface area contributed by atoms with Gasteiger partial charge >= 0.3 is 0 Å². The van der Waals surface area contributed by atoms with Gasteiger partial charge in [-0.15, -0.1) is 5.10 Å². The number of benzene rings is 1. The van der Waals surface area contributed by atoms with Gasteiger partial charge in [0.2, 0.25) is 0 Å². The minimum absolute atomic E-state index is 0.121. The van der Waals surface area contributed by atoms with E-state index < -0.39 is 0 Å². The van der Waals surface area contributed by atoms with Crippen LogP contribution >= 0.6 is 0 Å². The molecule has 5 aliphatic rings. The van der Waals surface area contributed by atoms with Crippen LogP contribution in [0.25, 0.3) is 11.0 Å². The number of nitrogens with zero attached hydrogens (tertiary/aromatic N) is 3. The van der Waals surface area contributed by atoms with Crippen LogP contribution in [0.2, 0.25) is 0 Å². The van der Waals surface area contributed by atoms with Gasteiger partial charge in [-0.3, -0.25) is 4.79 Å². The highest BCUT2D eigenvalue weighted by molar-refractivity contribution is 5.85. The van der Waals surface area contributed by atoms with Crippen molar-refractivity contribution in [3.8, 4) is 0 Å². The molecule has 5 fully saturated rings. The summed E-state index contributed by atoms with van der Waals surface area (Å²) >= 11 is 0. The van der Waals surface area contributed by atoms with Crippen LogP contribution in [0.1, 0.15) is 65.7 Å². The van der Waals surface area contributed by atoms with Crippen molar-refractivity contribution in [3.63, 3.8) is 0 Å². The third kappa shape index (κ3) is 2.91. The molecular weight excluding hydrogens is 425 g/mol. The summed E-state index contributed by atoms with van der Waals surface area (Å²) in [6.07, 6.45) is 9.65. The van der Waals surface area contributed by atoms with Crippen LogP contribution < -0.4 is 0 Å². The van der Waals surface area contributed by atoms with E-state index in [9.17, 15) is 9.18 Å². The first kappa shape index (κ1) is 21.5. The molecule has 0 spiro atoms. The van der Waals surface area contributed by atoms with Crippen molar-refractivity contribution in [2.45, 2.75) is 72.3 Å². The summed E-state index contributed by atoms with van der Waals surface area (Å²) in [4.78, 5) is 13.9. The van der Waals surface area contributed by atoms with Crippen LogP contribution in [0.5, 0.6) is 0 Å². The van der Waals surface area contributed by atoms with Crippen LogP contribution in [0.15, 0.2) is 18.2 Å². The Balaban J connectivity index is 1.17. The average Bonchev–Trinajstić information content (AvgIpc) is 3.14. The number of carbonyl (C=O) groups excluding carboxylic acids is 1. The normalized spacial score (nSPS) is 46.9. The van der Waals surface area contributed by atoms with Crippen molar-refractivity contribution in [2.24, 2.45) is 64.6 Å². The number of carbonyl (C=O) groups is 1. The van der Waals surface area contributed by atoms with E-state index in [-0.39, 0.29) is 23.7 Å². The van der Waals surface area contributed by atoms with Crippen molar-refractivity contribution in [2.75, 3.05) is 0 Å². The van der Waals surface area contributed by atoms with Crippen molar-refractivity contribution in [1.82, 2.24) is 15.0 Å². The van der Waals surface area contributed by atoms with Crippen molar-refractivity contribution in [3.05, 3.63) is 24.0 Å². The summed E-state index contributed by atoms with van der Waals surface area (Å²) in [5.74, 6) is 7.30. The molecule has 7 rings (SSSR count). The Morgan fingerprint density at radius 1 is 1.09 bits per heavy atom. The molecule has 5 aliphatic carbocycles. The molecular formula is C29H38FN3O. The van der Waals surface area contributed by atoms with Gasteiger partial charge in [-0.1, -0.05) is 32.4 Å². The molecule has 1 aromatic heterocycles. The zero-order valence-corrected chi connectivity index (χ0v) is 20.8. The SMILES string of the molecule is C[C@H]1CC[C@H]2C(CC[C@@H]3C2CC[C@@]2(C)C3[C@@H]3[C@H](C)[C@@H]3[C@@H]2C(=O)Cn2nnc3ccc(F)cc32)C1. The summed E-state index contributed by atoms with van der Waals surface area (Å²) in [6.45, 7) is 7.53. The molecule has 0 aliphatic heterocycles. The van der Waals surface area contributed by atoms with Crippen LogP contribution in [0, 0.1) is 70.4 Å². The second-order valence-corrected chi connectivity index (χ2v) is 13.2. The van der Waals surface area contributed by atoms with Crippen LogP contribution in [-0.4, -0.2) is 20.8 Å². The smallest absolute Gasteiger partial charge is 0.158 e. The molecule has 5 saturated carbocycles. The molecule has 4 nitrogen and oxygen atoms in total. The zero-order chi connectivity index (χ0) is 23.4. The first-order chi connectivity index (χ1) is 16.4. The van der Waals surface area contributed by atoms with Gasteiger partial charge in [0, 0.05) is 12.0 Å². The van der Waals surface area contributed by atoms with Gasteiger partial charge in [0.05, 0.1) is 5.52 Å². The molecule has 34 heavy (non-hydrogen) atoms. The molecule has 1 aromatic carbocycles. The quantitative estimate of drug-likeness (QED) is 0.549. The Labute approximate surface area is 202 Å². The molecule has 0 saturated heterocycles. The lowest BCUT2D eigenvalue weighted by atomic mass is 9.47. The fraction of sp³-hybridized carbons (Fsp3) is 0.759. The van der Waals surface area contributed by atoms with Gasteiger partial charge in [0.25, 0.3) is 0 Å². The topological polar surface area (TPSA) is 47.8 Å². The molecule has 1 heterocycles. The number of rotatable bonds is 3. The summed E-state index contributed by atoms with van der Waals surface area (Å²) < 4.78 is 15.5. The molecule has 11 atom stereocenters. The van der Waals surface area contributed by atoms with Crippen LogP contribution in [0.4, 0.5) is 4.39 Å². The average molecular weight is 464 g/mol. The van der Waals surface area contributed by atoms with E-state index in [1.54, 1.807) is 10.7 Å². The van der Waals surface area contributed by atoms with E-state index >= 15 is 0 Å². The third-order valence-electron chi connectivity index (χ3n) is 11.7. The molecule has 2 aromatic rings. The van der Waals surface area contributed by atoms with Crippen molar-refractivity contribution < 1.29 is 9.18 Å². The van der Waals surface area contributed by atoms with Gasteiger partial charge in [0.15, 0.2) is 5.78 Å². The highest BCUT2D eigenvalue weighted by atomic mass is 19.1. The van der Waals surface area contributed by atoms with E-state index in [0.717, 1.165) is 35.5 Å². The third-order valence-corrected chi connectivity index (χ3v) is 11.7. The zero-order valence-electron chi connectivity index (χ0n) is 20.8. The number of hydrogen-bond donors (Lipinski definition) is 0. The maximum atomic E-state index is 13.9. The standard InChI is InChI=1S/C29H38FN3O/c1-15-4-7-19-17(12-15)5-8-21-20(19)10-11-29(3)27(21)25-16(2)26(25)28(29)24(34)14-33-23-13-18(30)6-9-22(23)31-32-33/h6,9,13,15-17,19-21,25-28H,4-5,7-8,10-12,14H2,1-3H3/t15-,16-,17?,19-,20?,21+,25+,26-,27?,28-,29-/m0/s1. The number of ketones is 1. The maximum Gasteiger partial charge on any atom is 0.158 e. The molecule has 0 bridgehead atoms.